The van der Waals surface area contributed by atoms with Crippen molar-refractivity contribution >= 4 is 47.2 Å². The molecule has 0 heterocycles. The van der Waals surface area contributed by atoms with Gasteiger partial charge >= 0.3 is 35.8 Å². The van der Waals surface area contributed by atoms with Gasteiger partial charge in [-0.25, -0.2) is 0 Å². The zero-order valence-electron chi connectivity index (χ0n) is 45.3. The Kier molecular flexibility index (Phi) is 44.0. The maximum absolute atomic E-state index is 12.7. The molecule has 22 heteroatoms. The van der Waals surface area contributed by atoms with Gasteiger partial charge in [-0.15, -0.1) is 0 Å². The van der Waals surface area contributed by atoms with E-state index < -0.39 is 61.0 Å². The molecule has 0 aliphatic carbocycles. The molecule has 0 spiro atoms. The zero-order valence-corrected chi connectivity index (χ0v) is 45.3. The minimum atomic E-state index is -1.14. The van der Waals surface area contributed by atoms with Gasteiger partial charge in [0.05, 0.1) is 24.6 Å². The molecule has 434 valence electrons. The third kappa shape index (κ3) is 38.7. The first kappa shape index (κ1) is 70.2. The Balaban J connectivity index is 0.00000234. The van der Waals surface area contributed by atoms with E-state index >= 15 is 0 Å². The van der Waals surface area contributed by atoms with E-state index in [0.29, 0.717) is 62.0 Å². The van der Waals surface area contributed by atoms with Crippen LogP contribution in [0.5, 0.6) is 11.5 Å². The van der Waals surface area contributed by atoms with E-state index in [9.17, 15) is 39.0 Å². The number of aliphatic carboxylic acids is 4. The Morgan fingerprint density at radius 2 is 0.803 bits per heavy atom. The lowest BCUT2D eigenvalue weighted by atomic mass is 10.1. The third-order valence-corrected chi connectivity index (χ3v) is 11.1. The summed E-state index contributed by atoms with van der Waals surface area (Å²) in [6.07, 6.45) is 18.1. The number of nitrogens with two attached hydrogens (primary N) is 4. The number of hydrogen-bond donors (Lipinski definition) is 8. The molecule has 0 aromatic heterocycles. The van der Waals surface area contributed by atoms with Crippen molar-refractivity contribution in [3.63, 3.8) is 0 Å². The van der Waals surface area contributed by atoms with Crippen LogP contribution in [0.2, 0.25) is 0 Å². The second kappa shape index (κ2) is 47.7. The Morgan fingerprint density at radius 1 is 0.447 bits per heavy atom. The smallest absolute Gasteiger partial charge is 0.325 e. The lowest BCUT2D eigenvalue weighted by molar-refractivity contribution is -0.144. The highest BCUT2D eigenvalue weighted by atomic mass is 16.6. The normalized spacial score (nSPS) is 11.4. The van der Waals surface area contributed by atoms with Gasteiger partial charge in [0.15, 0.2) is 0 Å². The summed E-state index contributed by atoms with van der Waals surface area (Å²) in [6.45, 7) is 5.87. The van der Waals surface area contributed by atoms with Crippen LogP contribution in [0, 0.1) is 0 Å². The molecule has 0 aliphatic rings. The second-order valence-electron chi connectivity index (χ2n) is 17.8. The predicted molar refractivity (Wildman–Crippen MR) is 291 cm³/mol. The highest BCUT2D eigenvalue weighted by Crippen LogP contribution is 2.30. The van der Waals surface area contributed by atoms with Gasteiger partial charge in [0, 0.05) is 13.2 Å². The number of hydrogen-bond acceptors (Lipinski definition) is 18. The van der Waals surface area contributed by atoms with Gasteiger partial charge in [-0.1, -0.05) is 115 Å². The van der Waals surface area contributed by atoms with Crippen LogP contribution in [0.4, 0.5) is 11.4 Å². The molecule has 0 bridgehead atoms. The average Bonchev–Trinajstić information content (AvgIpc) is 3.38. The quantitative estimate of drug-likeness (QED) is 0.0286. The van der Waals surface area contributed by atoms with Gasteiger partial charge < -0.3 is 81.6 Å². The monoisotopic (exact) mass is 1080 g/mol. The van der Waals surface area contributed by atoms with Crippen molar-refractivity contribution in [3.05, 3.63) is 48.5 Å². The fourth-order valence-corrected chi connectivity index (χ4v) is 7.03. The Hall–Kier alpha value is -5.78. The molecule has 0 amide bonds. The molecule has 0 aliphatic heterocycles. The summed E-state index contributed by atoms with van der Waals surface area (Å²) >= 11 is 0. The second-order valence-corrected chi connectivity index (χ2v) is 17.8. The van der Waals surface area contributed by atoms with E-state index in [1.165, 1.54) is 61.2 Å². The Morgan fingerprint density at radius 3 is 1.14 bits per heavy atom. The number of unbranched alkanes of at least 4 members (excludes halogenated alkanes) is 12. The van der Waals surface area contributed by atoms with Gasteiger partial charge in [0.2, 0.25) is 0 Å². The highest BCUT2D eigenvalue weighted by Gasteiger charge is 2.22. The van der Waals surface area contributed by atoms with Crippen LogP contribution in [0.3, 0.4) is 0 Å². The molecule has 2 unspecified atom stereocenters. The number of carbonyl (C=O) groups excluding carboxylic acids is 2. The van der Waals surface area contributed by atoms with E-state index in [4.69, 9.17) is 61.6 Å². The number of carboxylic acids is 4. The van der Waals surface area contributed by atoms with Gasteiger partial charge in [-0.3, -0.25) is 28.8 Å². The summed E-state index contributed by atoms with van der Waals surface area (Å²) in [5.74, 6) is -4.69. The molecule has 0 fully saturated rings. The first-order valence-corrected chi connectivity index (χ1v) is 26.8. The van der Waals surface area contributed by atoms with Crippen LogP contribution in [0.15, 0.2) is 48.5 Å². The molecule has 2 rings (SSSR count). The molecule has 0 radical (unpaired) electrons. The maximum Gasteiger partial charge on any atom is 0.325 e. The number of carbonyl (C=O) groups is 6. The van der Waals surface area contributed by atoms with Gasteiger partial charge in [0.1, 0.15) is 76.2 Å². The molecular formula is C54H92N6O16. The van der Waals surface area contributed by atoms with Crippen LogP contribution >= 0.6 is 0 Å². The summed E-state index contributed by atoms with van der Waals surface area (Å²) in [7, 11) is 0. The van der Waals surface area contributed by atoms with Crippen LogP contribution in [0.25, 0.3) is 0 Å². The number of anilines is 2. The summed E-state index contributed by atoms with van der Waals surface area (Å²) in [4.78, 5) is 71.8. The molecule has 2 atom stereocenters. The first-order chi connectivity index (χ1) is 36.6. The van der Waals surface area contributed by atoms with Crippen molar-refractivity contribution in [1.29, 1.82) is 0 Å². The average molecular weight is 1080 g/mol. The van der Waals surface area contributed by atoms with Gasteiger partial charge in [-0.05, 0) is 75.9 Å². The predicted octanol–water partition coefficient (Wildman–Crippen LogP) is 5.82. The van der Waals surface area contributed by atoms with Crippen molar-refractivity contribution in [2.24, 2.45) is 22.9 Å². The van der Waals surface area contributed by atoms with E-state index in [1.807, 2.05) is 0 Å². The third-order valence-electron chi connectivity index (χ3n) is 11.1. The van der Waals surface area contributed by atoms with Crippen molar-refractivity contribution < 1.29 is 77.6 Å². The number of rotatable bonds is 45. The standard InChI is InChI=1S/C42H64N2O12.2C6H14N2O2/c1-3-5-7-9-11-17-23-51-25-27-55-41(49)33-43(31-39(45)46)35-19-13-15-21-37(35)53-29-30-54-38-22-16-14-20-36(38)44(32-40(47)48)34-42(50)56-28-26-52-24-18-12-10-8-6-4-2;2*7-4-2-1-3-5(8)6(9)10/h13-16,19-22H,3-12,17-18,23-34H2,1-2H3,(H,45,46)(H,47,48);2*5H,1-4,7-8H2,(H,9,10). The number of ether oxygens (including phenoxy) is 6. The molecule has 0 saturated carbocycles. The van der Waals surface area contributed by atoms with Crippen molar-refractivity contribution in [2.45, 2.75) is 142 Å². The zero-order chi connectivity index (χ0) is 56.6. The largest absolute Gasteiger partial charge is 0.488 e. The van der Waals surface area contributed by atoms with E-state index in [-0.39, 0.29) is 52.7 Å². The fraction of sp³-hybridized carbons (Fsp3) is 0.667. The summed E-state index contributed by atoms with van der Waals surface area (Å²) in [5, 5.41) is 35.8. The van der Waals surface area contributed by atoms with Crippen molar-refractivity contribution in [3.8, 4) is 11.5 Å². The number of benzene rings is 2. The molecule has 22 nitrogen and oxygen atoms in total. The van der Waals surface area contributed by atoms with E-state index in [2.05, 4.69) is 13.8 Å². The van der Waals surface area contributed by atoms with Crippen molar-refractivity contribution in [1.82, 2.24) is 0 Å². The first-order valence-electron chi connectivity index (χ1n) is 26.8. The number of para-hydroxylation sites is 4. The van der Waals surface area contributed by atoms with Crippen LogP contribution < -0.4 is 42.2 Å². The molecule has 0 saturated heterocycles. The summed E-state index contributed by atoms with van der Waals surface area (Å²) in [6, 6.07) is 12.0. The summed E-state index contributed by atoms with van der Waals surface area (Å²) in [5.41, 5.74) is 21.6. The topological polar surface area (TPSA) is 349 Å². The minimum Gasteiger partial charge on any atom is -0.488 e. The lowest BCUT2D eigenvalue weighted by Crippen LogP contribution is -2.36. The number of esters is 2. The van der Waals surface area contributed by atoms with Gasteiger partial charge in [-0.2, -0.15) is 0 Å². The molecule has 2 aromatic rings. The highest BCUT2D eigenvalue weighted by molar-refractivity contribution is 5.83. The Bertz CT molecular complexity index is 1720. The van der Waals surface area contributed by atoms with Crippen LogP contribution in [-0.4, -0.2) is 160 Å². The van der Waals surface area contributed by atoms with E-state index in [0.717, 1.165) is 51.4 Å². The number of nitrogens with zero attached hydrogens (tertiary/aromatic N) is 2. The molecule has 76 heavy (non-hydrogen) atoms. The number of carboxylic acid groups (broad SMARTS) is 4. The van der Waals surface area contributed by atoms with Gasteiger partial charge in [0.25, 0.3) is 0 Å². The SMILES string of the molecule is CCCCCCCCOCCOC(=O)CN(CC(=O)O)c1ccccc1OCCOc1ccccc1N(CC(=O)O)CC(=O)OCCOCCCCCCCC.NCCCCC(N)C(=O)O.NCCCCC(N)C(=O)O. The minimum absolute atomic E-state index is 0.0202. The van der Waals surface area contributed by atoms with Crippen molar-refractivity contribution in [2.75, 3.05) is 102 Å². The van der Waals surface area contributed by atoms with Crippen LogP contribution in [0.1, 0.15) is 129 Å². The molecule has 2 aromatic carbocycles. The molecular weight excluding hydrogens is 989 g/mol. The Labute approximate surface area is 450 Å². The summed E-state index contributed by atoms with van der Waals surface area (Å²) < 4.78 is 33.7. The molecule has 12 N–H and O–H groups in total. The van der Waals surface area contributed by atoms with E-state index in [1.54, 1.807) is 48.5 Å². The lowest BCUT2D eigenvalue weighted by Gasteiger charge is -2.25. The fourth-order valence-electron chi connectivity index (χ4n) is 7.03. The maximum atomic E-state index is 12.7. The van der Waals surface area contributed by atoms with Crippen LogP contribution in [-0.2, 0) is 47.7 Å².